The van der Waals surface area contributed by atoms with Gasteiger partial charge < -0.3 is 20.1 Å². The van der Waals surface area contributed by atoms with Gasteiger partial charge in [0.2, 0.25) is 6.79 Å². The first-order chi connectivity index (χ1) is 10.6. The molecule has 4 nitrogen and oxygen atoms in total. The molecule has 0 saturated carbocycles. The molecule has 0 aromatic heterocycles. The smallest absolute Gasteiger partial charge is 0.231 e. The van der Waals surface area contributed by atoms with E-state index >= 15 is 0 Å². The molecular formula is C17H18N2O2S. The van der Waals surface area contributed by atoms with Crippen molar-refractivity contribution in [1.29, 1.82) is 0 Å². The van der Waals surface area contributed by atoms with Crippen LogP contribution in [-0.4, -0.2) is 11.9 Å². The predicted molar refractivity (Wildman–Crippen MR) is 91.5 cm³/mol. The molecule has 3 rings (SSSR count). The van der Waals surface area contributed by atoms with Crippen molar-refractivity contribution in [3.63, 3.8) is 0 Å². The maximum Gasteiger partial charge on any atom is 0.231 e. The summed E-state index contributed by atoms with van der Waals surface area (Å²) in [5, 5.41) is 6.96. The van der Waals surface area contributed by atoms with Crippen LogP contribution in [0.4, 0.5) is 5.69 Å². The molecule has 0 saturated heterocycles. The molecule has 0 radical (unpaired) electrons. The molecule has 2 N–H and O–H groups in total. The van der Waals surface area contributed by atoms with Gasteiger partial charge in [-0.15, -0.1) is 0 Å². The van der Waals surface area contributed by atoms with E-state index in [1.54, 1.807) is 0 Å². The zero-order valence-electron chi connectivity index (χ0n) is 12.6. The van der Waals surface area contributed by atoms with Crippen molar-refractivity contribution in [2.75, 3.05) is 12.1 Å². The molecule has 0 spiro atoms. The normalized spacial score (nSPS) is 12.1. The monoisotopic (exact) mass is 314 g/mol. The Bertz CT molecular complexity index is 696. The van der Waals surface area contributed by atoms with E-state index < -0.39 is 0 Å². The number of aryl methyl sites for hydroxylation is 2. The molecule has 0 atom stereocenters. The summed E-state index contributed by atoms with van der Waals surface area (Å²) in [6.07, 6.45) is 0. The van der Waals surface area contributed by atoms with Crippen LogP contribution in [-0.2, 0) is 6.54 Å². The first kappa shape index (κ1) is 14.7. The van der Waals surface area contributed by atoms with Crippen molar-refractivity contribution in [2.24, 2.45) is 0 Å². The first-order valence-electron chi connectivity index (χ1n) is 7.12. The Morgan fingerprint density at radius 1 is 1.05 bits per heavy atom. The maximum absolute atomic E-state index is 5.35. The number of hydrogen-bond acceptors (Lipinski definition) is 3. The third-order valence-electron chi connectivity index (χ3n) is 3.36. The molecule has 0 bridgehead atoms. The summed E-state index contributed by atoms with van der Waals surface area (Å²) in [7, 11) is 0. The van der Waals surface area contributed by atoms with Gasteiger partial charge in [0, 0.05) is 18.3 Å². The average Bonchev–Trinajstić information content (AvgIpc) is 2.92. The highest BCUT2D eigenvalue weighted by molar-refractivity contribution is 7.80. The van der Waals surface area contributed by atoms with E-state index in [0.717, 1.165) is 17.2 Å². The van der Waals surface area contributed by atoms with Crippen LogP contribution in [0.25, 0.3) is 0 Å². The molecule has 0 aliphatic carbocycles. The lowest BCUT2D eigenvalue weighted by Crippen LogP contribution is -2.27. The van der Waals surface area contributed by atoms with Crippen LogP contribution < -0.4 is 20.1 Å². The standard InChI is InChI=1S/C17H18N2O2S/c1-11-5-12(2)7-13(6-11)9-18-17(22)19-14-3-4-15-16(8-14)21-10-20-15/h3-8H,9-10H2,1-2H3,(H2,18,19,22). The number of rotatable bonds is 3. The van der Waals surface area contributed by atoms with Crippen LogP contribution >= 0.6 is 12.2 Å². The van der Waals surface area contributed by atoms with Crippen molar-refractivity contribution in [2.45, 2.75) is 20.4 Å². The van der Waals surface area contributed by atoms with Gasteiger partial charge >= 0.3 is 0 Å². The lowest BCUT2D eigenvalue weighted by Gasteiger charge is -2.12. The summed E-state index contributed by atoms with van der Waals surface area (Å²) in [5.41, 5.74) is 4.60. The number of fused-ring (bicyclic) bond motifs is 1. The molecule has 1 heterocycles. The Morgan fingerprint density at radius 3 is 2.55 bits per heavy atom. The number of benzene rings is 2. The summed E-state index contributed by atoms with van der Waals surface area (Å²) in [5.74, 6) is 1.50. The molecular weight excluding hydrogens is 296 g/mol. The zero-order valence-corrected chi connectivity index (χ0v) is 13.4. The Morgan fingerprint density at radius 2 is 1.77 bits per heavy atom. The highest BCUT2D eigenvalue weighted by Crippen LogP contribution is 2.34. The zero-order chi connectivity index (χ0) is 15.5. The quantitative estimate of drug-likeness (QED) is 0.849. The van der Waals surface area contributed by atoms with E-state index in [9.17, 15) is 0 Å². The number of nitrogens with one attached hydrogen (secondary N) is 2. The molecule has 2 aromatic carbocycles. The van der Waals surface area contributed by atoms with Crippen LogP contribution in [0.1, 0.15) is 16.7 Å². The minimum absolute atomic E-state index is 0.272. The number of anilines is 1. The van der Waals surface area contributed by atoms with E-state index in [-0.39, 0.29) is 6.79 Å². The minimum atomic E-state index is 0.272. The Balaban J connectivity index is 1.58. The summed E-state index contributed by atoms with van der Waals surface area (Å²) in [6.45, 7) is 5.16. The fraction of sp³-hybridized carbons (Fsp3) is 0.235. The Kier molecular flexibility index (Phi) is 4.15. The summed E-state index contributed by atoms with van der Waals surface area (Å²) in [4.78, 5) is 0. The van der Waals surface area contributed by atoms with Gasteiger partial charge in [0.25, 0.3) is 0 Å². The van der Waals surface area contributed by atoms with Crippen molar-refractivity contribution in [1.82, 2.24) is 5.32 Å². The van der Waals surface area contributed by atoms with Crippen molar-refractivity contribution in [3.8, 4) is 11.5 Å². The fourth-order valence-corrected chi connectivity index (χ4v) is 2.69. The largest absolute Gasteiger partial charge is 0.454 e. The van der Waals surface area contributed by atoms with Gasteiger partial charge in [-0.2, -0.15) is 0 Å². The van der Waals surface area contributed by atoms with Crippen LogP contribution in [0.3, 0.4) is 0 Å². The van der Waals surface area contributed by atoms with Gasteiger partial charge in [-0.25, -0.2) is 0 Å². The summed E-state index contributed by atoms with van der Waals surface area (Å²) < 4.78 is 10.6. The van der Waals surface area contributed by atoms with Gasteiger partial charge in [-0.05, 0) is 43.8 Å². The van der Waals surface area contributed by atoms with E-state index in [0.29, 0.717) is 11.7 Å². The average molecular weight is 314 g/mol. The molecule has 0 amide bonds. The molecule has 2 aromatic rings. The van der Waals surface area contributed by atoms with Crippen molar-refractivity contribution in [3.05, 3.63) is 53.1 Å². The summed E-state index contributed by atoms with van der Waals surface area (Å²) in [6, 6.07) is 12.1. The third-order valence-corrected chi connectivity index (χ3v) is 3.61. The Labute approximate surface area is 135 Å². The lowest BCUT2D eigenvalue weighted by molar-refractivity contribution is 0.174. The molecule has 22 heavy (non-hydrogen) atoms. The number of ether oxygens (including phenoxy) is 2. The molecule has 114 valence electrons. The second-order valence-corrected chi connectivity index (χ2v) is 5.78. The molecule has 5 heteroatoms. The second-order valence-electron chi connectivity index (χ2n) is 5.37. The lowest BCUT2D eigenvalue weighted by atomic mass is 10.1. The third kappa shape index (κ3) is 3.49. The topological polar surface area (TPSA) is 42.5 Å². The summed E-state index contributed by atoms with van der Waals surface area (Å²) >= 11 is 5.33. The maximum atomic E-state index is 5.35. The van der Waals surface area contributed by atoms with Crippen LogP contribution in [0.2, 0.25) is 0 Å². The first-order valence-corrected chi connectivity index (χ1v) is 7.53. The molecule has 0 unspecified atom stereocenters. The van der Waals surface area contributed by atoms with Crippen molar-refractivity contribution >= 4 is 23.0 Å². The van der Waals surface area contributed by atoms with Gasteiger partial charge in [0.05, 0.1) is 0 Å². The Hall–Kier alpha value is -2.27. The fourth-order valence-electron chi connectivity index (χ4n) is 2.50. The highest BCUT2D eigenvalue weighted by Gasteiger charge is 2.13. The number of hydrogen-bond donors (Lipinski definition) is 2. The molecule has 0 fully saturated rings. The minimum Gasteiger partial charge on any atom is -0.454 e. The van der Waals surface area contributed by atoms with Gasteiger partial charge in [0.15, 0.2) is 16.6 Å². The van der Waals surface area contributed by atoms with Gasteiger partial charge in [-0.3, -0.25) is 0 Å². The predicted octanol–water partition coefficient (Wildman–Crippen LogP) is 3.52. The van der Waals surface area contributed by atoms with E-state index in [2.05, 4.69) is 42.7 Å². The second kappa shape index (κ2) is 6.23. The van der Waals surface area contributed by atoms with Crippen LogP contribution in [0.5, 0.6) is 11.5 Å². The van der Waals surface area contributed by atoms with E-state index in [4.69, 9.17) is 21.7 Å². The van der Waals surface area contributed by atoms with E-state index in [1.165, 1.54) is 16.7 Å². The number of thiocarbonyl (C=S) groups is 1. The van der Waals surface area contributed by atoms with Gasteiger partial charge in [0.1, 0.15) is 0 Å². The highest BCUT2D eigenvalue weighted by atomic mass is 32.1. The van der Waals surface area contributed by atoms with E-state index in [1.807, 2.05) is 18.2 Å². The SMILES string of the molecule is Cc1cc(C)cc(CNC(=S)Nc2ccc3c(c2)OCO3)c1. The van der Waals surface area contributed by atoms with Crippen LogP contribution in [0, 0.1) is 13.8 Å². The van der Waals surface area contributed by atoms with Crippen LogP contribution in [0.15, 0.2) is 36.4 Å². The molecule has 1 aliphatic heterocycles. The molecule has 1 aliphatic rings. The van der Waals surface area contributed by atoms with Gasteiger partial charge in [-0.1, -0.05) is 29.3 Å². The van der Waals surface area contributed by atoms with Crippen molar-refractivity contribution < 1.29 is 9.47 Å².